The fraction of sp³-hybridized carbons (Fsp3) is 0.200. The van der Waals surface area contributed by atoms with Crippen molar-refractivity contribution in [2.45, 2.75) is 26.9 Å². The number of ketones is 1. The molecule has 0 saturated carbocycles. The SMILES string of the molecule is Cc1ccc(C(=O)O[C@@H](C)C(=O)c2c(C)[nH]c3ccccc23)cc1[N+](=O)[O-]. The van der Waals surface area contributed by atoms with Gasteiger partial charge in [-0.05, 0) is 32.9 Å². The lowest BCUT2D eigenvalue weighted by Gasteiger charge is -2.13. The van der Waals surface area contributed by atoms with Crippen molar-refractivity contribution in [3.8, 4) is 0 Å². The summed E-state index contributed by atoms with van der Waals surface area (Å²) < 4.78 is 5.28. The Balaban J connectivity index is 1.84. The van der Waals surface area contributed by atoms with Crippen molar-refractivity contribution in [1.29, 1.82) is 0 Å². The molecule has 1 atom stereocenters. The Morgan fingerprint density at radius 2 is 1.85 bits per heavy atom. The van der Waals surface area contributed by atoms with Gasteiger partial charge in [0, 0.05) is 33.8 Å². The highest BCUT2D eigenvalue weighted by Gasteiger charge is 2.25. The molecule has 7 heteroatoms. The number of aromatic amines is 1. The van der Waals surface area contributed by atoms with Crippen LogP contribution in [0.1, 0.15) is 38.9 Å². The minimum Gasteiger partial charge on any atom is -0.451 e. The third kappa shape index (κ3) is 3.44. The summed E-state index contributed by atoms with van der Waals surface area (Å²) in [7, 11) is 0. The van der Waals surface area contributed by atoms with E-state index >= 15 is 0 Å². The Kier molecular flexibility index (Phi) is 4.77. The highest BCUT2D eigenvalue weighted by atomic mass is 16.6. The second-order valence-electron chi connectivity index (χ2n) is 6.34. The first-order valence-corrected chi connectivity index (χ1v) is 8.37. The summed E-state index contributed by atoms with van der Waals surface area (Å²) in [4.78, 5) is 38.8. The van der Waals surface area contributed by atoms with E-state index in [1.54, 1.807) is 13.8 Å². The van der Waals surface area contributed by atoms with Crippen molar-refractivity contribution < 1.29 is 19.2 Å². The van der Waals surface area contributed by atoms with E-state index in [-0.39, 0.29) is 17.0 Å². The zero-order valence-electron chi connectivity index (χ0n) is 15.1. The number of Topliss-reactive ketones (excluding diaryl/α,β-unsaturated/α-hetero) is 1. The zero-order chi connectivity index (χ0) is 19.7. The molecule has 0 spiro atoms. The number of nitro groups is 1. The van der Waals surface area contributed by atoms with E-state index in [1.165, 1.54) is 19.1 Å². The molecule has 1 aromatic heterocycles. The van der Waals surface area contributed by atoms with E-state index in [2.05, 4.69) is 4.98 Å². The molecule has 138 valence electrons. The van der Waals surface area contributed by atoms with Crippen LogP contribution in [-0.4, -0.2) is 27.8 Å². The molecule has 0 aliphatic carbocycles. The van der Waals surface area contributed by atoms with Crippen LogP contribution < -0.4 is 0 Å². The van der Waals surface area contributed by atoms with Crippen molar-refractivity contribution in [2.24, 2.45) is 0 Å². The minimum absolute atomic E-state index is 0.0302. The standard InChI is InChI=1S/C20H18N2O5/c1-11-8-9-14(10-17(11)22(25)26)20(24)27-13(3)19(23)18-12(2)21-16-7-5-4-6-15(16)18/h4-10,13,21H,1-3H3/t13-/m0/s1. The fourth-order valence-electron chi connectivity index (χ4n) is 3.01. The second-order valence-corrected chi connectivity index (χ2v) is 6.34. The monoisotopic (exact) mass is 366 g/mol. The molecular formula is C20H18N2O5. The number of H-pyrrole nitrogens is 1. The molecule has 7 nitrogen and oxygen atoms in total. The maximum absolute atomic E-state index is 12.8. The molecule has 3 aromatic rings. The molecular weight excluding hydrogens is 348 g/mol. The van der Waals surface area contributed by atoms with Gasteiger partial charge in [0.2, 0.25) is 5.78 Å². The molecule has 0 unspecified atom stereocenters. The van der Waals surface area contributed by atoms with Gasteiger partial charge in [0.15, 0.2) is 6.10 Å². The van der Waals surface area contributed by atoms with Crippen LogP contribution in [0, 0.1) is 24.0 Å². The van der Waals surface area contributed by atoms with Crippen molar-refractivity contribution in [3.63, 3.8) is 0 Å². The number of nitrogens with zero attached hydrogens (tertiary/aromatic N) is 1. The molecule has 0 aliphatic rings. The Bertz CT molecular complexity index is 1070. The van der Waals surface area contributed by atoms with Crippen LogP contribution in [0.4, 0.5) is 5.69 Å². The van der Waals surface area contributed by atoms with Crippen LogP contribution >= 0.6 is 0 Å². The third-order valence-electron chi connectivity index (χ3n) is 4.43. The summed E-state index contributed by atoms with van der Waals surface area (Å²) in [6.07, 6.45) is -1.03. The molecule has 27 heavy (non-hydrogen) atoms. The molecule has 0 saturated heterocycles. The number of hydrogen-bond acceptors (Lipinski definition) is 5. The highest BCUT2D eigenvalue weighted by molar-refractivity contribution is 6.11. The van der Waals surface area contributed by atoms with E-state index in [4.69, 9.17) is 4.74 Å². The van der Waals surface area contributed by atoms with Gasteiger partial charge in [0.1, 0.15) is 0 Å². The Labute approximate surface area is 155 Å². The number of benzene rings is 2. The molecule has 1 N–H and O–H groups in total. The number of para-hydroxylation sites is 1. The van der Waals surface area contributed by atoms with Crippen LogP contribution in [0.2, 0.25) is 0 Å². The van der Waals surface area contributed by atoms with Gasteiger partial charge < -0.3 is 9.72 Å². The summed E-state index contributed by atoms with van der Waals surface area (Å²) in [6.45, 7) is 4.86. The molecule has 0 amide bonds. The normalized spacial score (nSPS) is 12.0. The maximum atomic E-state index is 12.8. The molecule has 0 fully saturated rings. The van der Waals surface area contributed by atoms with Crippen molar-refractivity contribution in [1.82, 2.24) is 4.98 Å². The molecule has 0 radical (unpaired) electrons. The number of carbonyl (C=O) groups is 2. The first-order valence-electron chi connectivity index (χ1n) is 8.37. The lowest BCUT2D eigenvalue weighted by molar-refractivity contribution is -0.385. The average molecular weight is 366 g/mol. The van der Waals surface area contributed by atoms with Gasteiger partial charge in [0.05, 0.1) is 10.5 Å². The van der Waals surface area contributed by atoms with E-state index in [0.717, 1.165) is 17.0 Å². The smallest absolute Gasteiger partial charge is 0.339 e. The van der Waals surface area contributed by atoms with Gasteiger partial charge in [-0.3, -0.25) is 14.9 Å². The van der Waals surface area contributed by atoms with Crippen molar-refractivity contribution in [2.75, 3.05) is 0 Å². The predicted octanol–water partition coefficient (Wildman–Crippen LogP) is 4.12. The molecule has 0 aliphatic heterocycles. The molecule has 0 bridgehead atoms. The van der Waals surface area contributed by atoms with Crippen LogP contribution in [0.15, 0.2) is 42.5 Å². The average Bonchev–Trinajstić information content (AvgIpc) is 2.96. The van der Waals surface area contributed by atoms with Gasteiger partial charge >= 0.3 is 5.97 Å². The number of nitrogens with one attached hydrogen (secondary N) is 1. The number of fused-ring (bicyclic) bond motifs is 1. The highest BCUT2D eigenvalue weighted by Crippen LogP contribution is 2.25. The lowest BCUT2D eigenvalue weighted by Crippen LogP contribution is -2.25. The largest absolute Gasteiger partial charge is 0.451 e. The van der Waals surface area contributed by atoms with E-state index in [9.17, 15) is 19.7 Å². The van der Waals surface area contributed by atoms with E-state index < -0.39 is 17.0 Å². The van der Waals surface area contributed by atoms with Gasteiger partial charge in [-0.25, -0.2) is 4.79 Å². The fourth-order valence-corrected chi connectivity index (χ4v) is 3.01. The van der Waals surface area contributed by atoms with Crippen LogP contribution in [0.5, 0.6) is 0 Å². The van der Waals surface area contributed by atoms with E-state index in [0.29, 0.717) is 16.8 Å². The lowest BCUT2D eigenvalue weighted by atomic mass is 10.0. The van der Waals surface area contributed by atoms with Crippen molar-refractivity contribution >= 4 is 28.3 Å². The number of aromatic nitrogens is 1. The summed E-state index contributed by atoms with van der Waals surface area (Å²) in [5.74, 6) is -1.11. The Morgan fingerprint density at radius 1 is 1.15 bits per heavy atom. The number of ether oxygens (including phenoxy) is 1. The number of rotatable bonds is 5. The van der Waals surface area contributed by atoms with Crippen LogP contribution in [0.25, 0.3) is 10.9 Å². The zero-order valence-corrected chi connectivity index (χ0v) is 15.1. The Hall–Kier alpha value is -3.48. The number of nitro benzene ring substituents is 1. The van der Waals surface area contributed by atoms with E-state index in [1.807, 2.05) is 24.3 Å². The summed E-state index contributed by atoms with van der Waals surface area (Å²) in [5.41, 5.74) is 2.29. The maximum Gasteiger partial charge on any atom is 0.339 e. The topological polar surface area (TPSA) is 102 Å². The summed E-state index contributed by atoms with van der Waals surface area (Å²) in [5, 5.41) is 11.8. The molecule has 1 heterocycles. The van der Waals surface area contributed by atoms with Gasteiger partial charge in [-0.15, -0.1) is 0 Å². The van der Waals surface area contributed by atoms with Crippen molar-refractivity contribution in [3.05, 3.63) is 75.0 Å². The first-order chi connectivity index (χ1) is 12.8. The molecule has 2 aromatic carbocycles. The van der Waals surface area contributed by atoms with Gasteiger partial charge in [-0.1, -0.05) is 24.3 Å². The number of carbonyl (C=O) groups excluding carboxylic acids is 2. The van der Waals surface area contributed by atoms with Gasteiger partial charge in [0.25, 0.3) is 5.69 Å². The third-order valence-corrected chi connectivity index (χ3v) is 4.43. The minimum atomic E-state index is -1.03. The van der Waals surface area contributed by atoms with Crippen LogP contribution in [0.3, 0.4) is 0 Å². The summed E-state index contributed by atoms with van der Waals surface area (Å²) in [6, 6.07) is 11.5. The first kappa shape index (κ1) is 18.3. The second kappa shape index (κ2) is 7.03. The number of hydrogen-bond donors (Lipinski definition) is 1. The predicted molar refractivity (Wildman–Crippen MR) is 100 cm³/mol. The summed E-state index contributed by atoms with van der Waals surface area (Å²) >= 11 is 0. The van der Waals surface area contributed by atoms with Crippen LogP contribution in [-0.2, 0) is 4.74 Å². The molecule has 3 rings (SSSR count). The number of esters is 1. The van der Waals surface area contributed by atoms with Gasteiger partial charge in [-0.2, -0.15) is 0 Å². The number of aryl methyl sites for hydroxylation is 2. The Morgan fingerprint density at radius 3 is 2.56 bits per heavy atom. The quantitative estimate of drug-likeness (QED) is 0.317.